The highest BCUT2D eigenvalue weighted by atomic mass is 32.2. The van der Waals surface area contributed by atoms with Crippen molar-refractivity contribution in [2.24, 2.45) is 7.05 Å². The van der Waals surface area contributed by atoms with Gasteiger partial charge in [-0.05, 0) is 29.8 Å². The summed E-state index contributed by atoms with van der Waals surface area (Å²) in [7, 11) is 1.75. The molecule has 0 saturated heterocycles. The van der Waals surface area contributed by atoms with Gasteiger partial charge in [0.15, 0.2) is 5.16 Å². The zero-order chi connectivity index (χ0) is 16.7. The van der Waals surface area contributed by atoms with Gasteiger partial charge < -0.3 is 4.52 Å². The smallest absolute Gasteiger partial charge is 0.261 e. The fourth-order valence-electron chi connectivity index (χ4n) is 2.69. The Balaban J connectivity index is 1.79. The Morgan fingerprint density at radius 1 is 1.17 bits per heavy atom. The van der Waals surface area contributed by atoms with Crippen LogP contribution < -0.4 is 5.56 Å². The lowest BCUT2D eigenvalue weighted by Crippen LogP contribution is -2.20. The van der Waals surface area contributed by atoms with Crippen LogP contribution in [0, 0.1) is 6.92 Å². The van der Waals surface area contributed by atoms with Gasteiger partial charge >= 0.3 is 0 Å². The van der Waals surface area contributed by atoms with Gasteiger partial charge in [-0.1, -0.05) is 41.2 Å². The molecule has 0 radical (unpaired) electrons. The zero-order valence-electron chi connectivity index (χ0n) is 13.3. The van der Waals surface area contributed by atoms with Crippen LogP contribution in [0.5, 0.6) is 0 Å². The zero-order valence-corrected chi connectivity index (χ0v) is 14.1. The fourth-order valence-corrected chi connectivity index (χ4v) is 3.53. The van der Waals surface area contributed by atoms with E-state index in [1.54, 1.807) is 11.6 Å². The number of nitrogens with zero attached hydrogens (tertiary/aromatic N) is 3. The van der Waals surface area contributed by atoms with E-state index in [9.17, 15) is 4.79 Å². The van der Waals surface area contributed by atoms with Gasteiger partial charge in [0.25, 0.3) is 5.56 Å². The molecular weight excluding hydrogens is 322 g/mol. The number of hydrogen-bond donors (Lipinski definition) is 0. The normalized spacial score (nSPS) is 11.4. The van der Waals surface area contributed by atoms with Crippen molar-refractivity contribution < 1.29 is 4.52 Å². The summed E-state index contributed by atoms with van der Waals surface area (Å²) in [6.07, 6.45) is 0. The summed E-state index contributed by atoms with van der Waals surface area (Å²) in [5, 5.41) is 7.29. The largest absolute Gasteiger partial charge is 0.360 e. The summed E-state index contributed by atoms with van der Waals surface area (Å²) in [5.41, 5.74) is 1.52. The summed E-state index contributed by atoms with van der Waals surface area (Å²) in [4.78, 5) is 17.4. The van der Waals surface area contributed by atoms with Gasteiger partial charge in [0.05, 0.1) is 22.3 Å². The summed E-state index contributed by atoms with van der Waals surface area (Å²) in [5.74, 6) is 1.35. The molecule has 120 valence electrons. The van der Waals surface area contributed by atoms with E-state index < -0.39 is 0 Å². The van der Waals surface area contributed by atoms with Gasteiger partial charge in [-0.3, -0.25) is 9.36 Å². The molecule has 0 amide bonds. The molecule has 0 bridgehead atoms. The second-order valence-electron chi connectivity index (χ2n) is 5.70. The van der Waals surface area contributed by atoms with Crippen molar-refractivity contribution in [1.29, 1.82) is 0 Å². The number of benzene rings is 2. The molecule has 4 rings (SSSR count). The Morgan fingerprint density at radius 2 is 1.92 bits per heavy atom. The molecule has 0 aliphatic rings. The highest BCUT2D eigenvalue weighted by Gasteiger charge is 2.11. The van der Waals surface area contributed by atoms with Crippen LogP contribution in [0.1, 0.15) is 11.5 Å². The van der Waals surface area contributed by atoms with Crippen LogP contribution in [-0.2, 0) is 12.8 Å². The number of fused-ring (bicyclic) bond motifs is 2. The average molecular weight is 337 g/mol. The Hall–Kier alpha value is -2.60. The molecule has 24 heavy (non-hydrogen) atoms. The van der Waals surface area contributed by atoms with E-state index >= 15 is 0 Å². The third-order valence-corrected chi connectivity index (χ3v) is 4.97. The predicted molar refractivity (Wildman–Crippen MR) is 95.3 cm³/mol. The average Bonchev–Trinajstić information content (AvgIpc) is 3.01. The van der Waals surface area contributed by atoms with Gasteiger partial charge in [0, 0.05) is 13.1 Å². The summed E-state index contributed by atoms with van der Waals surface area (Å²) in [6.45, 7) is 1.88. The van der Waals surface area contributed by atoms with Crippen molar-refractivity contribution in [3.05, 3.63) is 64.3 Å². The van der Waals surface area contributed by atoms with Crippen LogP contribution in [0.3, 0.4) is 0 Å². The molecule has 0 aliphatic carbocycles. The summed E-state index contributed by atoms with van der Waals surface area (Å²) >= 11 is 1.47. The highest BCUT2D eigenvalue weighted by molar-refractivity contribution is 7.98. The SMILES string of the molecule is Cc1cc(CSc2nc3cc4ccccc4cc3c(=O)n2C)on1. The van der Waals surface area contributed by atoms with E-state index in [0.717, 1.165) is 22.2 Å². The predicted octanol–water partition coefficient (Wildman–Crippen LogP) is 3.68. The van der Waals surface area contributed by atoms with E-state index in [2.05, 4.69) is 10.1 Å². The number of aromatic nitrogens is 3. The molecule has 0 spiro atoms. The second-order valence-corrected chi connectivity index (χ2v) is 6.64. The van der Waals surface area contributed by atoms with Crippen LogP contribution in [0.15, 0.2) is 56.9 Å². The fraction of sp³-hybridized carbons (Fsp3) is 0.167. The number of rotatable bonds is 3. The third-order valence-electron chi connectivity index (χ3n) is 3.92. The molecule has 2 aromatic heterocycles. The van der Waals surface area contributed by atoms with E-state index in [1.165, 1.54) is 11.8 Å². The maximum Gasteiger partial charge on any atom is 0.261 e. The minimum atomic E-state index is -0.0398. The van der Waals surface area contributed by atoms with Crippen molar-refractivity contribution in [3.63, 3.8) is 0 Å². The van der Waals surface area contributed by atoms with Crippen molar-refractivity contribution in [1.82, 2.24) is 14.7 Å². The molecule has 0 unspecified atom stereocenters. The first-order valence-corrected chi connectivity index (χ1v) is 8.55. The molecule has 0 aliphatic heterocycles. The lowest BCUT2D eigenvalue weighted by atomic mass is 10.1. The Kier molecular flexibility index (Phi) is 3.61. The van der Waals surface area contributed by atoms with Gasteiger partial charge in [-0.15, -0.1) is 0 Å². The van der Waals surface area contributed by atoms with Crippen molar-refractivity contribution in [3.8, 4) is 0 Å². The number of hydrogen-bond acceptors (Lipinski definition) is 5. The maximum absolute atomic E-state index is 12.7. The monoisotopic (exact) mass is 337 g/mol. The molecule has 0 atom stereocenters. The molecule has 0 N–H and O–H groups in total. The van der Waals surface area contributed by atoms with Crippen LogP contribution in [0.25, 0.3) is 21.7 Å². The molecule has 6 heteroatoms. The van der Waals surface area contributed by atoms with Gasteiger partial charge in [0.1, 0.15) is 5.76 Å². The standard InChI is InChI=1S/C18H15N3O2S/c1-11-7-14(23-20-11)10-24-18-19-16-9-13-6-4-3-5-12(13)8-15(16)17(22)21(18)2/h3-9H,10H2,1-2H3. The second kappa shape index (κ2) is 5.79. The minimum Gasteiger partial charge on any atom is -0.360 e. The van der Waals surface area contributed by atoms with Crippen LogP contribution in [-0.4, -0.2) is 14.7 Å². The number of aryl methyl sites for hydroxylation is 1. The van der Waals surface area contributed by atoms with E-state index in [0.29, 0.717) is 21.8 Å². The quantitative estimate of drug-likeness (QED) is 0.324. The lowest BCUT2D eigenvalue weighted by Gasteiger charge is -2.09. The first-order valence-electron chi connectivity index (χ1n) is 7.56. The van der Waals surface area contributed by atoms with Gasteiger partial charge in [-0.25, -0.2) is 4.98 Å². The molecule has 0 saturated carbocycles. The molecule has 4 aromatic rings. The van der Waals surface area contributed by atoms with Gasteiger partial charge in [-0.2, -0.15) is 0 Å². The lowest BCUT2D eigenvalue weighted by molar-refractivity contribution is 0.391. The minimum absolute atomic E-state index is 0.0398. The van der Waals surface area contributed by atoms with E-state index in [-0.39, 0.29) is 5.56 Å². The summed E-state index contributed by atoms with van der Waals surface area (Å²) in [6, 6.07) is 13.7. The molecule has 2 heterocycles. The molecule has 0 fully saturated rings. The number of thioether (sulfide) groups is 1. The van der Waals surface area contributed by atoms with Crippen LogP contribution in [0.2, 0.25) is 0 Å². The van der Waals surface area contributed by atoms with Crippen molar-refractivity contribution in [2.45, 2.75) is 17.8 Å². The highest BCUT2D eigenvalue weighted by Crippen LogP contribution is 2.24. The molecule has 2 aromatic carbocycles. The first kappa shape index (κ1) is 15.0. The Morgan fingerprint density at radius 3 is 2.62 bits per heavy atom. The first-order chi connectivity index (χ1) is 11.6. The topological polar surface area (TPSA) is 60.9 Å². The maximum atomic E-state index is 12.7. The van der Waals surface area contributed by atoms with Crippen LogP contribution in [0.4, 0.5) is 0 Å². The van der Waals surface area contributed by atoms with Crippen molar-refractivity contribution in [2.75, 3.05) is 0 Å². The third kappa shape index (κ3) is 2.59. The Labute approximate surface area is 142 Å². The van der Waals surface area contributed by atoms with E-state index in [4.69, 9.17) is 4.52 Å². The van der Waals surface area contributed by atoms with Gasteiger partial charge in [0.2, 0.25) is 0 Å². The Bertz CT molecular complexity index is 1110. The summed E-state index contributed by atoms with van der Waals surface area (Å²) < 4.78 is 6.80. The van der Waals surface area contributed by atoms with E-state index in [1.807, 2.05) is 49.4 Å². The van der Waals surface area contributed by atoms with Crippen molar-refractivity contribution >= 4 is 33.4 Å². The molecular formula is C18H15N3O2S. The van der Waals surface area contributed by atoms with Crippen LogP contribution >= 0.6 is 11.8 Å². The molecule has 5 nitrogen and oxygen atoms in total.